The summed E-state index contributed by atoms with van der Waals surface area (Å²) in [4.78, 5) is 48.2. The van der Waals surface area contributed by atoms with Crippen LogP contribution in [-0.4, -0.2) is 66.5 Å². The van der Waals surface area contributed by atoms with Gasteiger partial charge in [0.15, 0.2) is 6.10 Å². The van der Waals surface area contributed by atoms with Crippen LogP contribution in [0.25, 0.3) is 0 Å². The molecule has 12 heteroatoms. The van der Waals surface area contributed by atoms with Gasteiger partial charge in [0.25, 0.3) is 0 Å². The van der Waals surface area contributed by atoms with Crippen molar-refractivity contribution in [1.29, 1.82) is 0 Å². The fraction of sp³-hybridized carbons (Fsp3) is 0.904. The van der Waals surface area contributed by atoms with Crippen molar-refractivity contribution >= 4 is 25.7 Å². The van der Waals surface area contributed by atoms with E-state index >= 15 is 0 Å². The molecule has 0 aromatic heterocycles. The lowest BCUT2D eigenvalue weighted by Crippen LogP contribution is -2.30. The molecule has 3 atom stereocenters. The second kappa shape index (κ2) is 47.7. The van der Waals surface area contributed by atoms with Gasteiger partial charge in [-0.1, -0.05) is 213 Å². The third-order valence-corrected chi connectivity index (χ3v) is 12.6. The van der Waals surface area contributed by atoms with Crippen LogP contribution in [0.15, 0.2) is 12.2 Å². The lowest BCUT2D eigenvalue weighted by molar-refractivity contribution is -0.161. The molecule has 378 valence electrons. The summed E-state index contributed by atoms with van der Waals surface area (Å²) in [5.41, 5.74) is 0. The molecule has 0 fully saturated rings. The maximum Gasteiger partial charge on any atom is 0.472 e. The first-order valence-corrected chi connectivity index (χ1v) is 28.1. The van der Waals surface area contributed by atoms with Gasteiger partial charge < -0.3 is 24.2 Å². The lowest BCUT2D eigenvalue weighted by atomic mass is 10.1. The Hall–Kier alpha value is -1.78. The van der Waals surface area contributed by atoms with Crippen LogP contribution in [0.4, 0.5) is 0 Å². The van der Waals surface area contributed by atoms with Gasteiger partial charge >= 0.3 is 25.7 Å². The predicted octanol–water partition coefficient (Wildman–Crippen LogP) is 14.9. The molecule has 0 spiro atoms. The second-order valence-electron chi connectivity index (χ2n) is 18.1. The highest BCUT2D eigenvalue weighted by Crippen LogP contribution is 2.43. The molecule has 3 unspecified atom stereocenters. The van der Waals surface area contributed by atoms with E-state index in [1.165, 1.54) is 141 Å². The van der Waals surface area contributed by atoms with Crippen molar-refractivity contribution in [3.63, 3.8) is 0 Å². The minimum Gasteiger partial charge on any atom is -0.462 e. The van der Waals surface area contributed by atoms with Crippen molar-refractivity contribution in [1.82, 2.24) is 0 Å². The van der Waals surface area contributed by atoms with Gasteiger partial charge in [0.05, 0.1) is 19.8 Å². The van der Waals surface area contributed by atoms with Crippen molar-refractivity contribution in [2.24, 2.45) is 0 Å². The number of phosphoric acid groups is 1. The van der Waals surface area contributed by atoms with E-state index in [1.807, 2.05) is 0 Å². The van der Waals surface area contributed by atoms with E-state index in [0.29, 0.717) is 19.3 Å². The van der Waals surface area contributed by atoms with Gasteiger partial charge in [-0.05, 0) is 44.9 Å². The molecule has 2 N–H and O–H groups in total. The van der Waals surface area contributed by atoms with E-state index in [2.05, 4.69) is 32.9 Å². The molecule has 0 saturated heterocycles. The molecule has 0 aromatic rings. The van der Waals surface area contributed by atoms with E-state index < -0.39 is 57.8 Å². The van der Waals surface area contributed by atoms with E-state index in [1.54, 1.807) is 0 Å². The van der Waals surface area contributed by atoms with Crippen LogP contribution in [0.5, 0.6) is 0 Å². The van der Waals surface area contributed by atoms with E-state index in [9.17, 15) is 28.9 Å². The Kier molecular flexibility index (Phi) is 46.4. The molecule has 64 heavy (non-hydrogen) atoms. The van der Waals surface area contributed by atoms with Crippen LogP contribution in [0, 0.1) is 0 Å². The maximum absolute atomic E-state index is 12.8. The Morgan fingerprint density at radius 3 is 1.08 bits per heavy atom. The van der Waals surface area contributed by atoms with E-state index in [4.69, 9.17) is 23.3 Å². The molecule has 0 aliphatic rings. The smallest absolute Gasteiger partial charge is 0.462 e. The fourth-order valence-electron chi connectivity index (χ4n) is 7.59. The van der Waals surface area contributed by atoms with Crippen molar-refractivity contribution in [3.05, 3.63) is 12.2 Å². The number of hydrogen-bond donors (Lipinski definition) is 2. The van der Waals surface area contributed by atoms with Gasteiger partial charge in [0, 0.05) is 19.3 Å². The Bertz CT molecular complexity index is 1130. The second-order valence-corrected chi connectivity index (χ2v) is 19.5. The van der Waals surface area contributed by atoms with E-state index in [-0.39, 0.29) is 25.9 Å². The highest BCUT2D eigenvalue weighted by molar-refractivity contribution is 7.47. The third kappa shape index (κ3) is 45.4. The van der Waals surface area contributed by atoms with Crippen LogP contribution in [0.2, 0.25) is 0 Å². The molecule has 0 heterocycles. The SMILES string of the molecule is CCCCCCCC/C=C\CCCCCCCCCC(=O)OC(COC(=O)CCCCCCCCCCC)COP(=O)(O)OCC(CO)OC(=O)CCCCCCCCCCCCC. The highest BCUT2D eigenvalue weighted by Gasteiger charge is 2.28. The molecule has 0 aliphatic heterocycles. The van der Waals surface area contributed by atoms with Crippen LogP contribution in [0.3, 0.4) is 0 Å². The summed E-state index contributed by atoms with van der Waals surface area (Å²) in [6.07, 6.45) is 43.3. The first kappa shape index (κ1) is 62.2. The average Bonchev–Trinajstić information content (AvgIpc) is 3.28. The van der Waals surface area contributed by atoms with Crippen LogP contribution in [0.1, 0.15) is 265 Å². The molecule has 11 nitrogen and oxygen atoms in total. The van der Waals surface area contributed by atoms with Gasteiger partial charge in [0.1, 0.15) is 12.7 Å². The summed E-state index contributed by atoms with van der Waals surface area (Å²) in [5, 5.41) is 9.75. The summed E-state index contributed by atoms with van der Waals surface area (Å²) in [6, 6.07) is 0. The minimum absolute atomic E-state index is 0.169. The first-order valence-electron chi connectivity index (χ1n) is 26.6. The largest absolute Gasteiger partial charge is 0.472 e. The molecule has 0 rings (SSSR count). The Morgan fingerprint density at radius 1 is 0.422 bits per heavy atom. The number of carbonyl (C=O) groups excluding carboxylic acids is 3. The number of unbranched alkanes of at least 4 members (excludes halogenated alkanes) is 31. The summed E-state index contributed by atoms with van der Waals surface area (Å²) in [5.74, 6) is -1.45. The molecule has 0 saturated carbocycles. The summed E-state index contributed by atoms with van der Waals surface area (Å²) < 4.78 is 39.3. The Balaban J connectivity index is 4.66. The number of ether oxygens (including phenoxy) is 3. The summed E-state index contributed by atoms with van der Waals surface area (Å²) >= 11 is 0. The standard InChI is InChI=1S/C52H99O11P/c1-4-7-10-13-16-19-21-22-23-24-25-26-28-31-34-37-40-43-52(56)63-49(45-59-50(54)41-38-35-32-29-18-15-12-9-6-3)47-61-64(57,58)60-46-48(44-53)62-51(55)42-39-36-33-30-27-20-17-14-11-8-5-2/h22-23,48-49,53H,4-21,24-47H2,1-3H3,(H,57,58)/b23-22-. The third-order valence-electron chi connectivity index (χ3n) is 11.7. The van der Waals surface area contributed by atoms with Crippen LogP contribution >= 0.6 is 7.82 Å². The van der Waals surface area contributed by atoms with Gasteiger partial charge in [-0.2, -0.15) is 0 Å². The zero-order chi connectivity index (χ0) is 47.0. The number of carbonyl (C=O) groups is 3. The van der Waals surface area contributed by atoms with Crippen molar-refractivity contribution < 1.29 is 52.2 Å². The zero-order valence-electron chi connectivity index (χ0n) is 41.5. The number of aliphatic hydroxyl groups excluding tert-OH is 1. The van der Waals surface area contributed by atoms with Gasteiger partial charge in [-0.3, -0.25) is 23.4 Å². The maximum atomic E-state index is 12.8. The number of aliphatic hydroxyl groups is 1. The molecule has 0 amide bonds. The van der Waals surface area contributed by atoms with Crippen LogP contribution in [-0.2, 0) is 42.2 Å². The first-order chi connectivity index (χ1) is 31.2. The highest BCUT2D eigenvalue weighted by atomic mass is 31.2. The van der Waals surface area contributed by atoms with Gasteiger partial charge in [-0.15, -0.1) is 0 Å². The topological polar surface area (TPSA) is 155 Å². The van der Waals surface area contributed by atoms with Crippen LogP contribution < -0.4 is 0 Å². The molecule has 0 aliphatic carbocycles. The minimum atomic E-state index is -4.73. The quantitative estimate of drug-likeness (QED) is 0.0197. The number of hydrogen-bond acceptors (Lipinski definition) is 10. The fourth-order valence-corrected chi connectivity index (χ4v) is 8.37. The number of allylic oxidation sites excluding steroid dienone is 2. The van der Waals surface area contributed by atoms with E-state index in [0.717, 1.165) is 64.2 Å². The number of phosphoric ester groups is 1. The zero-order valence-corrected chi connectivity index (χ0v) is 42.4. The molecule has 0 radical (unpaired) electrons. The van der Waals surface area contributed by atoms with Crippen molar-refractivity contribution in [2.45, 2.75) is 277 Å². The van der Waals surface area contributed by atoms with Crippen molar-refractivity contribution in [3.8, 4) is 0 Å². The average molecular weight is 931 g/mol. The normalized spacial score (nSPS) is 13.5. The Morgan fingerprint density at radius 2 is 0.719 bits per heavy atom. The predicted molar refractivity (Wildman–Crippen MR) is 261 cm³/mol. The van der Waals surface area contributed by atoms with Crippen molar-refractivity contribution in [2.75, 3.05) is 26.4 Å². The monoisotopic (exact) mass is 931 g/mol. The molecule has 0 aromatic carbocycles. The summed E-state index contributed by atoms with van der Waals surface area (Å²) in [6.45, 7) is 4.63. The number of rotatable bonds is 50. The number of esters is 3. The lowest BCUT2D eigenvalue weighted by Gasteiger charge is -2.21. The van der Waals surface area contributed by atoms with Gasteiger partial charge in [0.2, 0.25) is 0 Å². The van der Waals surface area contributed by atoms with Gasteiger partial charge in [-0.25, -0.2) is 4.57 Å². The Labute approximate surface area is 392 Å². The molecular weight excluding hydrogens is 832 g/mol. The molecule has 0 bridgehead atoms. The summed E-state index contributed by atoms with van der Waals surface area (Å²) in [7, 11) is -4.73. The molecular formula is C52H99O11P.